The number of morpholine rings is 1. The fourth-order valence-electron chi connectivity index (χ4n) is 3.47. The van der Waals surface area contributed by atoms with Crippen molar-refractivity contribution < 1.29 is 32.6 Å². The average molecular weight is 453 g/mol. The van der Waals surface area contributed by atoms with Gasteiger partial charge < -0.3 is 20.1 Å². The molecule has 3 atom stereocenters. The zero-order valence-electron chi connectivity index (χ0n) is 17.1. The van der Waals surface area contributed by atoms with Crippen LogP contribution >= 0.6 is 0 Å². The number of hydrogen-bond donors (Lipinski definition) is 2. The molecule has 2 aliphatic heterocycles. The van der Waals surface area contributed by atoms with Crippen LogP contribution in [0.4, 0.5) is 19.1 Å². The summed E-state index contributed by atoms with van der Waals surface area (Å²) < 4.78 is 37.7. The number of carboxylic acids is 1. The van der Waals surface area contributed by atoms with Crippen molar-refractivity contribution in [3.05, 3.63) is 48.0 Å². The van der Waals surface area contributed by atoms with Crippen LogP contribution in [0.3, 0.4) is 0 Å². The fourth-order valence-corrected chi connectivity index (χ4v) is 3.47. The lowest BCUT2D eigenvalue weighted by molar-refractivity contribution is -0.192. The van der Waals surface area contributed by atoms with Gasteiger partial charge in [0.1, 0.15) is 0 Å². The van der Waals surface area contributed by atoms with E-state index in [-0.39, 0.29) is 24.0 Å². The highest BCUT2D eigenvalue weighted by Crippen LogP contribution is 2.33. The number of anilines is 1. The van der Waals surface area contributed by atoms with Crippen molar-refractivity contribution in [2.75, 3.05) is 18.0 Å². The Morgan fingerprint density at radius 3 is 2.53 bits per heavy atom. The van der Waals surface area contributed by atoms with E-state index in [1.807, 2.05) is 31.5 Å². The Labute approximate surface area is 181 Å². The third-order valence-electron chi connectivity index (χ3n) is 4.98. The molecule has 1 amide bonds. The zero-order valence-corrected chi connectivity index (χ0v) is 17.1. The quantitative estimate of drug-likeness (QED) is 0.719. The number of ether oxygens (including phenoxy) is 1. The van der Waals surface area contributed by atoms with Crippen molar-refractivity contribution in [1.82, 2.24) is 20.3 Å². The first-order chi connectivity index (χ1) is 15.1. The Kier molecular flexibility index (Phi) is 7.23. The SMILES string of the molecule is Cc1cnc(N2C[C@H]3C[C@H](C(=O)NCc4cccnc4)[C@@H](C2)O3)nc1.O=C(O)C(F)(F)F. The molecule has 0 spiro atoms. The molecular weight excluding hydrogens is 431 g/mol. The topological polar surface area (TPSA) is 118 Å². The Bertz CT molecular complexity index is 927. The first-order valence-electron chi connectivity index (χ1n) is 9.79. The third-order valence-corrected chi connectivity index (χ3v) is 4.98. The number of amides is 1. The minimum Gasteiger partial charge on any atom is -0.475 e. The Hall–Kier alpha value is -3.28. The maximum atomic E-state index is 12.6. The Balaban J connectivity index is 0.000000360. The molecule has 2 bridgehead atoms. The van der Waals surface area contributed by atoms with Crippen molar-refractivity contribution in [2.24, 2.45) is 5.92 Å². The standard InChI is InChI=1S/C18H21N5O2.C2HF3O2/c1-12-6-21-18(22-7-12)23-10-14-5-15(16(11-23)25-14)17(24)20-9-13-3-2-4-19-8-13;3-2(4,5)1(6)7/h2-4,6-8,14-16H,5,9-11H2,1H3,(H,20,24);(H,6,7)/t14-,15+,16-;/m1./s1. The predicted molar refractivity (Wildman–Crippen MR) is 106 cm³/mol. The molecule has 9 nitrogen and oxygen atoms in total. The molecule has 4 rings (SSSR count). The van der Waals surface area contributed by atoms with Crippen LogP contribution in [0.25, 0.3) is 0 Å². The second-order valence-electron chi connectivity index (χ2n) is 7.49. The minimum atomic E-state index is -5.08. The molecule has 2 N–H and O–H groups in total. The van der Waals surface area contributed by atoms with E-state index in [4.69, 9.17) is 14.6 Å². The maximum absolute atomic E-state index is 12.6. The van der Waals surface area contributed by atoms with Crippen LogP contribution in [0.5, 0.6) is 0 Å². The molecule has 0 aromatic carbocycles. The number of carbonyl (C=O) groups is 2. The second kappa shape index (κ2) is 9.90. The molecule has 2 fully saturated rings. The lowest BCUT2D eigenvalue weighted by atomic mass is 9.99. The highest BCUT2D eigenvalue weighted by molar-refractivity contribution is 5.79. The third kappa shape index (κ3) is 6.13. The zero-order chi connectivity index (χ0) is 23.3. The van der Waals surface area contributed by atoms with E-state index in [1.54, 1.807) is 12.4 Å². The number of carboxylic acid groups (broad SMARTS) is 1. The molecule has 0 radical (unpaired) electrons. The summed E-state index contributed by atoms with van der Waals surface area (Å²) in [6.45, 7) is 3.83. The van der Waals surface area contributed by atoms with Gasteiger partial charge in [-0.05, 0) is 30.5 Å². The smallest absolute Gasteiger partial charge is 0.475 e. The summed E-state index contributed by atoms with van der Waals surface area (Å²) in [6, 6.07) is 3.82. The molecule has 4 heterocycles. The molecular formula is C20H22F3N5O4. The molecule has 32 heavy (non-hydrogen) atoms. The van der Waals surface area contributed by atoms with Crippen LogP contribution in [-0.2, 0) is 20.9 Å². The van der Waals surface area contributed by atoms with Crippen molar-refractivity contribution in [3.8, 4) is 0 Å². The van der Waals surface area contributed by atoms with Gasteiger partial charge in [-0.1, -0.05) is 6.07 Å². The molecule has 2 aromatic heterocycles. The van der Waals surface area contributed by atoms with Crippen molar-refractivity contribution in [1.29, 1.82) is 0 Å². The molecule has 172 valence electrons. The lowest BCUT2D eigenvalue weighted by Gasteiger charge is -2.32. The first-order valence-corrected chi connectivity index (χ1v) is 9.79. The number of aryl methyl sites for hydroxylation is 1. The Morgan fingerprint density at radius 1 is 1.25 bits per heavy atom. The van der Waals surface area contributed by atoms with Crippen LogP contribution in [0.15, 0.2) is 36.9 Å². The van der Waals surface area contributed by atoms with Crippen LogP contribution in [-0.4, -0.2) is 63.4 Å². The van der Waals surface area contributed by atoms with Crippen molar-refractivity contribution in [3.63, 3.8) is 0 Å². The molecule has 0 aliphatic carbocycles. The van der Waals surface area contributed by atoms with E-state index in [0.29, 0.717) is 19.0 Å². The minimum absolute atomic E-state index is 0.0445. The largest absolute Gasteiger partial charge is 0.490 e. The number of alkyl halides is 3. The van der Waals surface area contributed by atoms with E-state index in [9.17, 15) is 18.0 Å². The summed E-state index contributed by atoms with van der Waals surface area (Å²) in [5.41, 5.74) is 2.03. The van der Waals surface area contributed by atoms with Gasteiger partial charge in [-0.15, -0.1) is 0 Å². The van der Waals surface area contributed by atoms with Gasteiger partial charge in [0, 0.05) is 44.4 Å². The molecule has 0 saturated carbocycles. The van der Waals surface area contributed by atoms with E-state index in [0.717, 1.165) is 24.1 Å². The van der Waals surface area contributed by atoms with Gasteiger partial charge >= 0.3 is 12.1 Å². The van der Waals surface area contributed by atoms with Crippen LogP contribution in [0, 0.1) is 12.8 Å². The van der Waals surface area contributed by atoms with Crippen molar-refractivity contribution in [2.45, 2.75) is 38.3 Å². The normalized spacial score (nSPS) is 22.0. The summed E-state index contributed by atoms with van der Waals surface area (Å²) in [6.07, 6.45) is 2.72. The predicted octanol–water partition coefficient (Wildman–Crippen LogP) is 1.72. The van der Waals surface area contributed by atoms with E-state index in [1.165, 1.54) is 0 Å². The van der Waals surface area contributed by atoms with Gasteiger partial charge in [0.05, 0.1) is 18.1 Å². The van der Waals surface area contributed by atoms with E-state index >= 15 is 0 Å². The van der Waals surface area contributed by atoms with Gasteiger partial charge in [-0.25, -0.2) is 14.8 Å². The van der Waals surface area contributed by atoms with Crippen LogP contribution in [0.1, 0.15) is 17.5 Å². The number of halogens is 3. The molecule has 2 saturated heterocycles. The Morgan fingerprint density at radius 2 is 1.94 bits per heavy atom. The molecule has 2 aromatic rings. The summed E-state index contributed by atoms with van der Waals surface area (Å²) in [4.78, 5) is 36.5. The number of aliphatic carboxylic acids is 1. The number of rotatable bonds is 4. The fraction of sp³-hybridized carbons (Fsp3) is 0.450. The molecule has 2 aliphatic rings. The van der Waals surface area contributed by atoms with E-state index < -0.39 is 12.1 Å². The number of fused-ring (bicyclic) bond motifs is 2. The monoisotopic (exact) mass is 453 g/mol. The maximum Gasteiger partial charge on any atom is 0.490 e. The average Bonchev–Trinajstić information content (AvgIpc) is 3.06. The summed E-state index contributed by atoms with van der Waals surface area (Å²) in [5, 5.41) is 10.1. The van der Waals surface area contributed by atoms with Crippen LogP contribution < -0.4 is 10.2 Å². The number of hydrogen-bond acceptors (Lipinski definition) is 7. The lowest BCUT2D eigenvalue weighted by Crippen LogP contribution is -2.46. The van der Waals surface area contributed by atoms with Gasteiger partial charge in [0.15, 0.2) is 0 Å². The number of nitrogens with one attached hydrogen (secondary N) is 1. The van der Waals surface area contributed by atoms with Gasteiger partial charge in [-0.2, -0.15) is 13.2 Å². The highest BCUT2D eigenvalue weighted by Gasteiger charge is 2.45. The van der Waals surface area contributed by atoms with Crippen molar-refractivity contribution >= 4 is 17.8 Å². The number of pyridine rings is 1. The highest BCUT2D eigenvalue weighted by atomic mass is 19.4. The molecule has 12 heteroatoms. The summed E-state index contributed by atoms with van der Waals surface area (Å²) in [7, 11) is 0. The summed E-state index contributed by atoms with van der Waals surface area (Å²) in [5.74, 6) is -2.13. The number of carbonyl (C=O) groups excluding carboxylic acids is 1. The van der Waals surface area contributed by atoms with Gasteiger partial charge in [0.2, 0.25) is 11.9 Å². The first kappa shape index (κ1) is 23.4. The number of nitrogens with zero attached hydrogens (tertiary/aromatic N) is 4. The second-order valence-corrected chi connectivity index (χ2v) is 7.49. The number of aromatic nitrogens is 3. The molecule has 0 unspecified atom stereocenters. The van der Waals surface area contributed by atoms with Crippen LogP contribution in [0.2, 0.25) is 0 Å². The summed E-state index contributed by atoms with van der Waals surface area (Å²) >= 11 is 0. The van der Waals surface area contributed by atoms with Gasteiger partial charge in [-0.3, -0.25) is 9.78 Å². The van der Waals surface area contributed by atoms with E-state index in [2.05, 4.69) is 25.2 Å². The van der Waals surface area contributed by atoms with Gasteiger partial charge in [0.25, 0.3) is 0 Å².